The van der Waals surface area contributed by atoms with Crippen molar-refractivity contribution in [1.82, 2.24) is 0 Å². The van der Waals surface area contributed by atoms with E-state index in [0.29, 0.717) is 17.8 Å². The maximum atomic E-state index is 11.3. The Kier molecular flexibility index (Phi) is 2.90. The summed E-state index contributed by atoms with van der Waals surface area (Å²) in [5.41, 5.74) is 0.677. The first-order valence-corrected chi connectivity index (χ1v) is 4.58. The molecule has 1 rings (SSSR count). The number of Topliss-reactive ketones (excluding diaryl/α,β-unsaturated/α-hetero) is 1. The Morgan fingerprint density at radius 1 is 1.33 bits per heavy atom. The number of ketones is 1. The number of aliphatic hydroxyl groups excluding tert-OH is 1. The van der Waals surface area contributed by atoms with Gasteiger partial charge in [0.1, 0.15) is 5.76 Å². The molecule has 0 radical (unpaired) electrons. The standard InChI is InChI=1S/C10H16O2/c1-7(2)10(12)8-5-3-4-6-9(8)11/h7,12H,3-6H2,1-2H3/b10-8-. The van der Waals surface area contributed by atoms with E-state index in [0.717, 1.165) is 19.3 Å². The van der Waals surface area contributed by atoms with E-state index < -0.39 is 0 Å². The molecular weight excluding hydrogens is 152 g/mol. The predicted octanol–water partition coefficient (Wildman–Crippen LogP) is 2.60. The Balaban J connectivity index is 2.83. The highest BCUT2D eigenvalue weighted by Gasteiger charge is 2.20. The lowest BCUT2D eigenvalue weighted by Gasteiger charge is -2.16. The van der Waals surface area contributed by atoms with E-state index in [9.17, 15) is 9.90 Å². The molecule has 2 heteroatoms. The third-order valence-electron chi connectivity index (χ3n) is 2.27. The number of carbonyl (C=O) groups is 1. The van der Waals surface area contributed by atoms with Crippen molar-refractivity contribution in [3.8, 4) is 0 Å². The fraction of sp³-hybridized carbons (Fsp3) is 0.700. The van der Waals surface area contributed by atoms with Gasteiger partial charge in [0, 0.05) is 17.9 Å². The van der Waals surface area contributed by atoms with Crippen molar-refractivity contribution in [2.45, 2.75) is 39.5 Å². The highest BCUT2D eigenvalue weighted by atomic mass is 16.3. The van der Waals surface area contributed by atoms with Gasteiger partial charge in [0.15, 0.2) is 5.78 Å². The smallest absolute Gasteiger partial charge is 0.162 e. The molecule has 0 spiro atoms. The van der Waals surface area contributed by atoms with Gasteiger partial charge in [-0.2, -0.15) is 0 Å². The number of hydrogen-bond acceptors (Lipinski definition) is 2. The van der Waals surface area contributed by atoms with Crippen LogP contribution in [0.15, 0.2) is 11.3 Å². The van der Waals surface area contributed by atoms with Gasteiger partial charge in [-0.1, -0.05) is 13.8 Å². The SMILES string of the molecule is CC(C)/C(O)=C1\CCCCC1=O. The zero-order valence-electron chi connectivity index (χ0n) is 7.76. The Morgan fingerprint density at radius 3 is 2.42 bits per heavy atom. The molecule has 0 aromatic heterocycles. The highest BCUT2D eigenvalue weighted by Crippen LogP contribution is 2.24. The lowest BCUT2D eigenvalue weighted by molar-refractivity contribution is -0.116. The third-order valence-corrected chi connectivity index (χ3v) is 2.27. The number of hydrogen-bond donors (Lipinski definition) is 1. The van der Waals surface area contributed by atoms with Crippen LogP contribution in [-0.4, -0.2) is 10.9 Å². The van der Waals surface area contributed by atoms with Crippen molar-refractivity contribution in [2.75, 3.05) is 0 Å². The summed E-state index contributed by atoms with van der Waals surface area (Å²) in [5.74, 6) is 0.536. The quantitative estimate of drug-likeness (QED) is 0.482. The van der Waals surface area contributed by atoms with Crippen LogP contribution in [0.4, 0.5) is 0 Å². The van der Waals surface area contributed by atoms with E-state index in [2.05, 4.69) is 0 Å². The van der Waals surface area contributed by atoms with E-state index >= 15 is 0 Å². The molecule has 0 saturated heterocycles. The monoisotopic (exact) mass is 168 g/mol. The van der Waals surface area contributed by atoms with Gasteiger partial charge in [0.2, 0.25) is 0 Å². The van der Waals surface area contributed by atoms with Gasteiger partial charge in [-0.15, -0.1) is 0 Å². The molecule has 2 nitrogen and oxygen atoms in total. The first-order chi connectivity index (χ1) is 5.63. The molecule has 12 heavy (non-hydrogen) atoms. The number of allylic oxidation sites excluding steroid dienone is 2. The molecule has 1 aliphatic rings. The van der Waals surface area contributed by atoms with Gasteiger partial charge >= 0.3 is 0 Å². The molecule has 1 N–H and O–H groups in total. The van der Waals surface area contributed by atoms with Crippen molar-refractivity contribution < 1.29 is 9.90 Å². The fourth-order valence-electron chi connectivity index (χ4n) is 1.50. The maximum Gasteiger partial charge on any atom is 0.162 e. The van der Waals surface area contributed by atoms with Crippen LogP contribution in [0, 0.1) is 5.92 Å². The first kappa shape index (κ1) is 9.30. The van der Waals surface area contributed by atoms with Gasteiger partial charge in [-0.25, -0.2) is 0 Å². The van der Waals surface area contributed by atoms with Crippen LogP contribution in [0.5, 0.6) is 0 Å². The second-order valence-electron chi connectivity index (χ2n) is 3.65. The van der Waals surface area contributed by atoms with Crippen LogP contribution in [0.25, 0.3) is 0 Å². The Hall–Kier alpha value is -0.790. The molecule has 0 aromatic rings. The zero-order chi connectivity index (χ0) is 9.14. The molecule has 1 fully saturated rings. The summed E-state index contributed by atoms with van der Waals surface area (Å²) in [6.07, 6.45) is 3.40. The summed E-state index contributed by atoms with van der Waals surface area (Å²) in [6.45, 7) is 3.81. The predicted molar refractivity (Wildman–Crippen MR) is 48.0 cm³/mol. The van der Waals surface area contributed by atoms with Crippen molar-refractivity contribution in [3.63, 3.8) is 0 Å². The van der Waals surface area contributed by atoms with Crippen LogP contribution in [-0.2, 0) is 4.79 Å². The summed E-state index contributed by atoms with van der Waals surface area (Å²) >= 11 is 0. The first-order valence-electron chi connectivity index (χ1n) is 4.58. The van der Waals surface area contributed by atoms with E-state index in [-0.39, 0.29) is 11.7 Å². The average molecular weight is 168 g/mol. The number of rotatable bonds is 1. The van der Waals surface area contributed by atoms with Gasteiger partial charge < -0.3 is 5.11 Å². The van der Waals surface area contributed by atoms with Crippen LogP contribution in [0.2, 0.25) is 0 Å². The maximum absolute atomic E-state index is 11.3. The van der Waals surface area contributed by atoms with E-state index in [1.54, 1.807) is 0 Å². The molecule has 0 aromatic carbocycles. The summed E-state index contributed by atoms with van der Waals surface area (Å²) in [6, 6.07) is 0. The molecule has 1 saturated carbocycles. The van der Waals surface area contributed by atoms with Crippen LogP contribution in [0.1, 0.15) is 39.5 Å². The van der Waals surface area contributed by atoms with Crippen molar-refractivity contribution in [2.24, 2.45) is 5.92 Å². The molecule has 0 unspecified atom stereocenters. The summed E-state index contributed by atoms with van der Waals surface area (Å²) < 4.78 is 0. The largest absolute Gasteiger partial charge is 0.512 e. The second kappa shape index (κ2) is 3.74. The molecule has 0 heterocycles. The second-order valence-corrected chi connectivity index (χ2v) is 3.65. The molecule has 68 valence electrons. The number of aliphatic hydroxyl groups is 1. The van der Waals surface area contributed by atoms with Gasteiger partial charge in [-0.3, -0.25) is 4.79 Å². The van der Waals surface area contributed by atoms with Gasteiger partial charge in [0.05, 0.1) is 0 Å². The zero-order valence-corrected chi connectivity index (χ0v) is 7.76. The third kappa shape index (κ3) is 1.87. The minimum Gasteiger partial charge on any atom is -0.512 e. The van der Waals surface area contributed by atoms with E-state index in [1.165, 1.54) is 0 Å². The van der Waals surface area contributed by atoms with E-state index in [1.807, 2.05) is 13.8 Å². The van der Waals surface area contributed by atoms with Crippen LogP contribution in [0.3, 0.4) is 0 Å². The topological polar surface area (TPSA) is 37.3 Å². The highest BCUT2D eigenvalue weighted by molar-refractivity contribution is 5.96. The molecule has 0 aliphatic heterocycles. The summed E-state index contributed by atoms with van der Waals surface area (Å²) in [4.78, 5) is 11.3. The molecule has 0 bridgehead atoms. The molecule has 0 atom stereocenters. The molecule has 1 aliphatic carbocycles. The number of carbonyl (C=O) groups excluding carboxylic acids is 1. The summed E-state index contributed by atoms with van der Waals surface area (Å²) in [5, 5.41) is 9.58. The summed E-state index contributed by atoms with van der Waals surface area (Å²) in [7, 11) is 0. The molecular formula is C10H16O2. The Morgan fingerprint density at radius 2 is 1.92 bits per heavy atom. The van der Waals surface area contributed by atoms with E-state index in [4.69, 9.17) is 0 Å². The van der Waals surface area contributed by atoms with Gasteiger partial charge in [0.25, 0.3) is 0 Å². The van der Waals surface area contributed by atoms with Crippen molar-refractivity contribution >= 4 is 5.78 Å². The fourth-order valence-corrected chi connectivity index (χ4v) is 1.50. The minimum atomic E-state index is 0.0852. The average Bonchev–Trinajstić information content (AvgIpc) is 2.04. The van der Waals surface area contributed by atoms with Crippen molar-refractivity contribution in [1.29, 1.82) is 0 Å². The van der Waals surface area contributed by atoms with Crippen LogP contribution < -0.4 is 0 Å². The minimum absolute atomic E-state index is 0.0852. The van der Waals surface area contributed by atoms with Crippen LogP contribution >= 0.6 is 0 Å². The molecule has 0 amide bonds. The lowest BCUT2D eigenvalue weighted by Crippen LogP contribution is -2.13. The normalized spacial score (nSPS) is 23.1. The Labute approximate surface area is 73.3 Å². The Bertz CT molecular complexity index is 214. The van der Waals surface area contributed by atoms with Gasteiger partial charge in [-0.05, 0) is 19.3 Å². The van der Waals surface area contributed by atoms with Crippen molar-refractivity contribution in [3.05, 3.63) is 11.3 Å². The lowest BCUT2D eigenvalue weighted by atomic mass is 9.90.